The smallest absolute Gasteiger partial charge is 0.177 e. The van der Waals surface area contributed by atoms with E-state index in [4.69, 9.17) is 116 Å². The monoisotopic (exact) mass is 526 g/mol. The van der Waals surface area contributed by atoms with Crippen LogP contribution in [0.5, 0.6) is 0 Å². The van der Waals surface area contributed by atoms with Crippen LogP contribution < -0.4 is 0 Å². The Labute approximate surface area is 181 Å². The van der Waals surface area contributed by atoms with E-state index in [-0.39, 0.29) is 67.3 Å². The minimum atomic E-state index is 0. The summed E-state index contributed by atoms with van der Waals surface area (Å²) >= 11 is 55.7. The Balaban J connectivity index is 0.000000364. The summed E-state index contributed by atoms with van der Waals surface area (Å²) in [7, 11) is 0. The van der Waals surface area contributed by atoms with Gasteiger partial charge in [0, 0.05) is 0 Å². The van der Waals surface area contributed by atoms with Crippen LogP contribution in [0.25, 0.3) is 0 Å². The Hall–Kier alpha value is 2.12. The predicted molar refractivity (Wildman–Crippen MR) is 94.2 cm³/mol. The molecule has 0 saturated heterocycles. The van der Waals surface area contributed by atoms with Gasteiger partial charge in [-0.2, -0.15) is 69.6 Å². The van der Waals surface area contributed by atoms with Gasteiger partial charge in [-0.3, -0.25) is 0 Å². The fourth-order valence-electron chi connectivity index (χ4n) is 0.964. The second kappa shape index (κ2) is 9.56. The van der Waals surface area contributed by atoms with Gasteiger partial charge in [0.05, 0.1) is 0 Å². The Kier molecular flexibility index (Phi) is 10.5. The van der Waals surface area contributed by atoms with Crippen molar-refractivity contribution >= 4 is 116 Å². The van der Waals surface area contributed by atoms with E-state index in [9.17, 15) is 0 Å². The minimum absolute atomic E-state index is 0. The summed E-state index contributed by atoms with van der Waals surface area (Å²) in [5.74, 6) is 0. The first-order valence-corrected chi connectivity index (χ1v) is 8.17. The van der Waals surface area contributed by atoms with Crippen molar-refractivity contribution in [2.45, 2.75) is 0 Å². The summed E-state index contributed by atoms with van der Waals surface area (Å²) in [5.41, 5.74) is 0. The molecule has 0 aliphatic carbocycles. The van der Waals surface area contributed by atoms with Crippen molar-refractivity contribution in [3.63, 3.8) is 0 Å². The zero-order chi connectivity index (χ0) is 15.8. The Morgan fingerprint density at radius 1 is 0.429 bits per heavy atom. The molecule has 0 aliphatic heterocycles. The third-order valence-corrected chi connectivity index (χ3v) is 6.67. The molecule has 0 amide bonds. The molecule has 0 N–H and O–H groups in total. The summed E-state index contributed by atoms with van der Waals surface area (Å²) < 4.78 is 0. The van der Waals surface area contributed by atoms with Crippen LogP contribution in [0.2, 0.25) is 50.2 Å². The SMILES string of the molecule is Clc1c(Cl)c(Cl)[c-](Cl)c1Cl.Clc1c(Cl)c(Cl)[c-](Cl)c1Cl.[Fe+2]. The molecular formula is C10Cl10Fe. The van der Waals surface area contributed by atoms with Gasteiger partial charge in [0.15, 0.2) is 0 Å². The molecule has 0 nitrogen and oxygen atoms in total. The van der Waals surface area contributed by atoms with E-state index in [1.807, 2.05) is 0 Å². The van der Waals surface area contributed by atoms with Crippen LogP contribution in [0.4, 0.5) is 0 Å². The maximum atomic E-state index is 5.57. The quantitative estimate of drug-likeness (QED) is 0.235. The van der Waals surface area contributed by atoms with Crippen LogP contribution in [0.3, 0.4) is 0 Å². The van der Waals surface area contributed by atoms with E-state index >= 15 is 0 Å². The van der Waals surface area contributed by atoms with Crippen molar-refractivity contribution < 1.29 is 17.1 Å². The summed E-state index contributed by atoms with van der Waals surface area (Å²) in [5, 5.41) is 2.07. The average molecular weight is 530 g/mol. The molecule has 0 atom stereocenters. The first-order chi connectivity index (χ1) is 9.11. The molecule has 0 unspecified atom stereocenters. The summed E-state index contributed by atoms with van der Waals surface area (Å²) in [6, 6.07) is 0. The molecule has 0 bridgehead atoms. The van der Waals surface area contributed by atoms with Gasteiger partial charge in [-0.05, 0) is 30.1 Å². The minimum Gasteiger partial charge on any atom is -0.177 e. The van der Waals surface area contributed by atoms with Gasteiger partial charge < -0.3 is 0 Å². The molecule has 21 heavy (non-hydrogen) atoms. The van der Waals surface area contributed by atoms with E-state index in [0.717, 1.165) is 0 Å². The second-order valence-electron chi connectivity index (χ2n) is 3.14. The summed E-state index contributed by atoms with van der Waals surface area (Å²) in [6.07, 6.45) is 0. The fraction of sp³-hybridized carbons (Fsp3) is 0. The van der Waals surface area contributed by atoms with Crippen molar-refractivity contribution in [3.05, 3.63) is 50.2 Å². The largest absolute Gasteiger partial charge is 2.00 e. The summed E-state index contributed by atoms with van der Waals surface area (Å²) in [6.45, 7) is 0. The third-order valence-electron chi connectivity index (χ3n) is 1.93. The van der Waals surface area contributed by atoms with E-state index < -0.39 is 0 Å². The molecule has 11 heteroatoms. The molecule has 0 radical (unpaired) electrons. The van der Waals surface area contributed by atoms with Gasteiger partial charge in [0.25, 0.3) is 0 Å². The molecular weight excluding hydrogens is 530 g/mol. The maximum absolute atomic E-state index is 5.57. The van der Waals surface area contributed by atoms with E-state index in [1.54, 1.807) is 0 Å². The standard InChI is InChI=1S/2C5Cl5.Fe/c2*6-1-2(7)4(9)5(10)3(1)8;/q2*-1;+2. The van der Waals surface area contributed by atoms with Crippen molar-refractivity contribution in [3.8, 4) is 0 Å². The van der Waals surface area contributed by atoms with Crippen LogP contribution in [0, 0.1) is 0 Å². The number of hydrogen-bond acceptors (Lipinski definition) is 0. The molecule has 0 fully saturated rings. The van der Waals surface area contributed by atoms with Crippen LogP contribution in [0.1, 0.15) is 0 Å². The molecule has 2 rings (SSSR count). The Bertz CT molecular complexity index is 424. The second-order valence-corrected chi connectivity index (χ2v) is 6.92. The molecule has 0 heterocycles. The van der Waals surface area contributed by atoms with Gasteiger partial charge >= 0.3 is 17.1 Å². The predicted octanol–water partition coefficient (Wildman–Crippen LogP) is 9.34. The van der Waals surface area contributed by atoms with Crippen LogP contribution >= 0.6 is 116 Å². The third kappa shape index (κ3) is 5.05. The van der Waals surface area contributed by atoms with Crippen LogP contribution in [-0.2, 0) is 17.1 Å². The zero-order valence-electron chi connectivity index (χ0n) is 9.13. The van der Waals surface area contributed by atoms with Gasteiger partial charge in [-0.25, -0.2) is 0 Å². The Morgan fingerprint density at radius 3 is 0.619 bits per heavy atom. The first kappa shape index (κ1) is 23.1. The van der Waals surface area contributed by atoms with Gasteiger partial charge in [0.2, 0.25) is 0 Å². The molecule has 118 valence electrons. The Morgan fingerprint density at radius 2 is 0.571 bits per heavy atom. The van der Waals surface area contributed by atoms with Gasteiger partial charge in [-0.15, -0.1) is 46.4 Å². The van der Waals surface area contributed by atoms with Crippen molar-refractivity contribution in [1.82, 2.24) is 0 Å². The normalized spacial score (nSPS) is 10.0. The number of halogens is 10. The molecule has 0 saturated carbocycles. The summed E-state index contributed by atoms with van der Waals surface area (Å²) in [4.78, 5) is 0. The zero-order valence-corrected chi connectivity index (χ0v) is 17.8. The first-order valence-electron chi connectivity index (χ1n) is 4.39. The molecule has 0 aromatic heterocycles. The van der Waals surface area contributed by atoms with Crippen molar-refractivity contribution in [2.75, 3.05) is 0 Å². The van der Waals surface area contributed by atoms with Crippen LogP contribution in [0.15, 0.2) is 0 Å². The molecule has 0 aliphatic rings. The molecule has 2 aromatic carbocycles. The van der Waals surface area contributed by atoms with Gasteiger partial charge in [-0.1, -0.05) is 20.1 Å². The van der Waals surface area contributed by atoms with Gasteiger partial charge in [0.1, 0.15) is 0 Å². The van der Waals surface area contributed by atoms with E-state index in [2.05, 4.69) is 0 Å². The van der Waals surface area contributed by atoms with Crippen LogP contribution in [-0.4, -0.2) is 0 Å². The van der Waals surface area contributed by atoms with E-state index in [1.165, 1.54) is 0 Å². The molecule has 2 aromatic rings. The molecule has 0 spiro atoms. The topological polar surface area (TPSA) is 0 Å². The average Bonchev–Trinajstić information content (AvgIpc) is 2.71. The van der Waals surface area contributed by atoms with Crippen molar-refractivity contribution in [1.29, 1.82) is 0 Å². The maximum Gasteiger partial charge on any atom is 2.00 e. The number of rotatable bonds is 0. The number of hydrogen-bond donors (Lipinski definition) is 0. The van der Waals surface area contributed by atoms with Crippen molar-refractivity contribution in [2.24, 2.45) is 0 Å². The van der Waals surface area contributed by atoms with E-state index in [0.29, 0.717) is 0 Å². The fourth-order valence-corrected chi connectivity index (χ4v) is 3.34.